The Morgan fingerprint density at radius 2 is 1.36 bits per heavy atom. The predicted molar refractivity (Wildman–Crippen MR) is 84.1 cm³/mol. The number of rotatable bonds is 3. The lowest BCUT2D eigenvalue weighted by Crippen LogP contribution is -1.98. The van der Waals surface area contributed by atoms with Gasteiger partial charge in [-0.05, 0) is 48.5 Å². The maximum atomic E-state index is 11.9. The molecule has 3 rings (SSSR count). The number of ether oxygens (including phenoxy) is 1. The lowest BCUT2D eigenvalue weighted by molar-refractivity contribution is 0.415. The Hall–Kier alpha value is -3.01. The zero-order valence-electron chi connectivity index (χ0n) is 11.9. The topological polar surface area (TPSA) is 59.7 Å². The van der Waals surface area contributed by atoms with Crippen LogP contribution in [-0.2, 0) is 0 Å². The van der Waals surface area contributed by atoms with Gasteiger partial charge in [0, 0.05) is 23.3 Å². The van der Waals surface area contributed by atoms with Gasteiger partial charge >= 0.3 is 0 Å². The second-order valence-corrected chi connectivity index (χ2v) is 4.80. The first-order chi connectivity index (χ1) is 10.7. The van der Waals surface area contributed by atoms with E-state index in [0.717, 1.165) is 16.9 Å². The smallest absolute Gasteiger partial charge is 0.186 e. The molecule has 0 saturated carbocycles. The highest BCUT2D eigenvalue weighted by atomic mass is 16.5. The van der Waals surface area contributed by atoms with Crippen molar-refractivity contribution in [2.24, 2.45) is 0 Å². The van der Waals surface area contributed by atoms with Crippen LogP contribution >= 0.6 is 0 Å². The highest BCUT2D eigenvalue weighted by molar-refractivity contribution is 5.63. The number of hydrogen-bond donors (Lipinski definition) is 1. The molecule has 4 heteroatoms. The maximum Gasteiger partial charge on any atom is 0.186 e. The Bertz CT molecular complexity index is 830. The van der Waals surface area contributed by atoms with E-state index < -0.39 is 0 Å². The number of hydrogen-bond acceptors (Lipinski definition) is 4. The van der Waals surface area contributed by atoms with E-state index in [2.05, 4.69) is 0 Å². The molecule has 1 N–H and O–H groups in total. The Kier molecular flexibility index (Phi) is 3.66. The quantitative estimate of drug-likeness (QED) is 0.800. The van der Waals surface area contributed by atoms with Gasteiger partial charge in [-0.2, -0.15) is 0 Å². The van der Waals surface area contributed by atoms with Crippen LogP contribution < -0.4 is 10.2 Å². The van der Waals surface area contributed by atoms with Crippen LogP contribution in [0, 0.1) is 0 Å². The van der Waals surface area contributed by atoms with Gasteiger partial charge in [-0.25, -0.2) is 0 Å². The molecule has 0 radical (unpaired) electrons. The highest BCUT2D eigenvalue weighted by Crippen LogP contribution is 2.27. The van der Waals surface area contributed by atoms with Gasteiger partial charge < -0.3 is 14.3 Å². The lowest BCUT2D eigenvalue weighted by Gasteiger charge is -2.06. The van der Waals surface area contributed by atoms with Crippen LogP contribution in [-0.4, -0.2) is 12.2 Å². The van der Waals surface area contributed by atoms with Crippen LogP contribution in [0.2, 0.25) is 0 Å². The van der Waals surface area contributed by atoms with Gasteiger partial charge in [0.15, 0.2) is 5.43 Å². The zero-order chi connectivity index (χ0) is 15.5. The third-order valence-electron chi connectivity index (χ3n) is 3.29. The largest absolute Gasteiger partial charge is 0.508 e. The van der Waals surface area contributed by atoms with E-state index in [4.69, 9.17) is 9.15 Å². The summed E-state index contributed by atoms with van der Waals surface area (Å²) < 4.78 is 10.9. The van der Waals surface area contributed by atoms with E-state index in [1.54, 1.807) is 31.4 Å². The molecule has 0 spiro atoms. The number of phenols is 1. The van der Waals surface area contributed by atoms with Crippen LogP contribution in [0.1, 0.15) is 0 Å². The Morgan fingerprint density at radius 1 is 0.864 bits per heavy atom. The van der Waals surface area contributed by atoms with Crippen molar-refractivity contribution >= 4 is 0 Å². The van der Waals surface area contributed by atoms with Crippen molar-refractivity contribution in [2.75, 3.05) is 7.11 Å². The molecule has 0 saturated heterocycles. The Morgan fingerprint density at radius 3 is 1.86 bits per heavy atom. The third-order valence-corrected chi connectivity index (χ3v) is 3.29. The van der Waals surface area contributed by atoms with E-state index in [1.807, 2.05) is 24.3 Å². The van der Waals surface area contributed by atoms with E-state index in [1.165, 1.54) is 12.1 Å². The fraction of sp³-hybridized carbons (Fsp3) is 0.0556. The number of benzene rings is 2. The molecule has 0 aliphatic heterocycles. The van der Waals surface area contributed by atoms with E-state index in [9.17, 15) is 9.90 Å². The minimum atomic E-state index is -0.139. The first-order valence-corrected chi connectivity index (χ1v) is 6.75. The van der Waals surface area contributed by atoms with Crippen LogP contribution in [0.3, 0.4) is 0 Å². The maximum absolute atomic E-state index is 11.9. The predicted octanol–water partition coefficient (Wildman–Crippen LogP) is 3.69. The summed E-state index contributed by atoms with van der Waals surface area (Å²) in [6, 6.07) is 16.7. The standard InChI is InChI=1S/C18H14O4/c1-21-16-8-4-13(5-9-16)18-11-15(20)10-17(22-18)12-2-6-14(19)7-3-12/h2-11,19H,1H3. The lowest BCUT2D eigenvalue weighted by atomic mass is 10.1. The molecular weight excluding hydrogens is 280 g/mol. The first-order valence-electron chi connectivity index (χ1n) is 6.75. The van der Waals surface area contributed by atoms with Crippen molar-refractivity contribution in [1.29, 1.82) is 0 Å². The van der Waals surface area contributed by atoms with Crippen molar-refractivity contribution in [3.8, 4) is 34.1 Å². The van der Waals surface area contributed by atoms with Gasteiger partial charge in [-0.1, -0.05) is 0 Å². The molecule has 0 bridgehead atoms. The van der Waals surface area contributed by atoms with Crippen LogP contribution in [0.15, 0.2) is 69.9 Å². The highest BCUT2D eigenvalue weighted by Gasteiger charge is 2.07. The molecule has 0 atom stereocenters. The van der Waals surface area contributed by atoms with E-state index in [0.29, 0.717) is 11.5 Å². The number of aromatic hydroxyl groups is 1. The van der Waals surface area contributed by atoms with Crippen molar-refractivity contribution in [2.45, 2.75) is 0 Å². The minimum absolute atomic E-state index is 0.139. The third kappa shape index (κ3) is 2.86. The van der Waals surface area contributed by atoms with Crippen LogP contribution in [0.25, 0.3) is 22.6 Å². The van der Waals surface area contributed by atoms with Gasteiger partial charge in [-0.3, -0.25) is 4.79 Å². The molecule has 1 heterocycles. The summed E-state index contributed by atoms with van der Waals surface area (Å²) in [7, 11) is 1.60. The fourth-order valence-corrected chi connectivity index (χ4v) is 2.14. The SMILES string of the molecule is COc1ccc(-c2cc(=O)cc(-c3ccc(O)cc3)o2)cc1. The summed E-state index contributed by atoms with van der Waals surface area (Å²) in [6.07, 6.45) is 0. The molecule has 1 aromatic heterocycles. The zero-order valence-corrected chi connectivity index (χ0v) is 11.9. The summed E-state index contributed by atoms with van der Waals surface area (Å²) in [5.74, 6) is 1.84. The van der Waals surface area contributed by atoms with Crippen molar-refractivity contribution in [3.63, 3.8) is 0 Å². The summed E-state index contributed by atoms with van der Waals surface area (Å²) in [4.78, 5) is 11.9. The summed E-state index contributed by atoms with van der Waals surface area (Å²) in [5, 5.41) is 9.34. The van der Waals surface area contributed by atoms with Crippen molar-refractivity contribution in [1.82, 2.24) is 0 Å². The molecule has 0 aliphatic carbocycles. The summed E-state index contributed by atoms with van der Waals surface area (Å²) >= 11 is 0. The van der Waals surface area contributed by atoms with E-state index >= 15 is 0 Å². The number of methoxy groups -OCH3 is 1. The fourth-order valence-electron chi connectivity index (χ4n) is 2.14. The number of phenolic OH excluding ortho intramolecular Hbond substituents is 1. The normalized spacial score (nSPS) is 10.4. The van der Waals surface area contributed by atoms with Gasteiger partial charge in [0.25, 0.3) is 0 Å². The summed E-state index contributed by atoms with van der Waals surface area (Å²) in [6.45, 7) is 0. The molecule has 0 aliphatic rings. The minimum Gasteiger partial charge on any atom is -0.508 e. The Balaban J connectivity index is 2.05. The van der Waals surface area contributed by atoms with Crippen molar-refractivity contribution < 1.29 is 14.3 Å². The molecule has 0 fully saturated rings. The molecule has 22 heavy (non-hydrogen) atoms. The molecule has 0 amide bonds. The van der Waals surface area contributed by atoms with Gasteiger partial charge in [0.1, 0.15) is 23.0 Å². The first kappa shape index (κ1) is 13.9. The average Bonchev–Trinajstić information content (AvgIpc) is 2.55. The molecule has 110 valence electrons. The molecule has 4 nitrogen and oxygen atoms in total. The Labute approximate surface area is 127 Å². The van der Waals surface area contributed by atoms with Gasteiger partial charge in [0.2, 0.25) is 0 Å². The molecule has 0 unspecified atom stereocenters. The second-order valence-electron chi connectivity index (χ2n) is 4.80. The van der Waals surface area contributed by atoms with Crippen molar-refractivity contribution in [3.05, 3.63) is 70.9 Å². The second kappa shape index (κ2) is 5.77. The summed E-state index contributed by atoms with van der Waals surface area (Å²) in [5.41, 5.74) is 1.38. The monoisotopic (exact) mass is 294 g/mol. The van der Waals surface area contributed by atoms with Gasteiger partial charge in [-0.15, -0.1) is 0 Å². The van der Waals surface area contributed by atoms with Crippen LogP contribution in [0.4, 0.5) is 0 Å². The molecule has 3 aromatic rings. The molecule has 2 aromatic carbocycles. The van der Waals surface area contributed by atoms with Gasteiger partial charge in [0.05, 0.1) is 7.11 Å². The van der Waals surface area contributed by atoms with Crippen LogP contribution in [0.5, 0.6) is 11.5 Å². The van der Waals surface area contributed by atoms with E-state index in [-0.39, 0.29) is 11.2 Å². The molecular formula is C18H14O4. The average molecular weight is 294 g/mol.